The normalized spacial score (nSPS) is 14.0. The number of furan rings is 1. The number of amides is 1. The Hall–Kier alpha value is -4.17. The maximum absolute atomic E-state index is 13.0. The minimum atomic E-state index is -0.106. The Balaban J connectivity index is 1.14. The molecule has 1 saturated heterocycles. The lowest BCUT2D eigenvalue weighted by Gasteiger charge is -2.34. The summed E-state index contributed by atoms with van der Waals surface area (Å²) >= 11 is 0. The topological polar surface area (TPSA) is 80.8 Å². The van der Waals surface area contributed by atoms with Gasteiger partial charge in [-0.15, -0.1) is 0 Å². The van der Waals surface area contributed by atoms with Crippen LogP contribution in [0, 0.1) is 13.8 Å². The number of hydrogen-bond acceptors (Lipinski definition) is 6. The molecular weight excluding hydrogens is 480 g/mol. The average molecular weight is 513 g/mol. The Bertz CT molecular complexity index is 1410. The maximum atomic E-state index is 13.0. The largest absolute Gasteiger partial charge is 0.486 e. The number of carbonyl (C=O) groups excluding carboxylic acids is 2. The molecular formula is C30H32N4O4. The van der Waals surface area contributed by atoms with Gasteiger partial charge in [-0.25, -0.2) is 4.68 Å². The van der Waals surface area contributed by atoms with E-state index in [-0.39, 0.29) is 18.3 Å². The summed E-state index contributed by atoms with van der Waals surface area (Å²) in [7, 11) is 0. The molecule has 1 aliphatic heterocycles. The van der Waals surface area contributed by atoms with Gasteiger partial charge in [0.25, 0.3) is 5.91 Å². The Morgan fingerprint density at radius 3 is 2.32 bits per heavy atom. The van der Waals surface area contributed by atoms with E-state index >= 15 is 0 Å². The van der Waals surface area contributed by atoms with Crippen molar-refractivity contribution >= 4 is 11.7 Å². The van der Waals surface area contributed by atoms with Crippen LogP contribution in [0.3, 0.4) is 0 Å². The zero-order valence-electron chi connectivity index (χ0n) is 22.0. The van der Waals surface area contributed by atoms with Crippen molar-refractivity contribution in [3.63, 3.8) is 0 Å². The number of rotatable bonds is 8. The molecule has 0 N–H and O–H groups in total. The molecule has 0 saturated carbocycles. The number of benzene rings is 2. The minimum Gasteiger partial charge on any atom is -0.486 e. The predicted molar refractivity (Wildman–Crippen MR) is 144 cm³/mol. The van der Waals surface area contributed by atoms with Crippen molar-refractivity contribution in [3.8, 4) is 11.4 Å². The zero-order chi connectivity index (χ0) is 26.6. The molecule has 5 rings (SSSR count). The molecule has 4 aromatic rings. The first kappa shape index (κ1) is 25.5. The first-order valence-electron chi connectivity index (χ1n) is 12.8. The first-order chi connectivity index (χ1) is 18.4. The van der Waals surface area contributed by atoms with Crippen LogP contribution < -0.4 is 4.74 Å². The summed E-state index contributed by atoms with van der Waals surface area (Å²) in [5, 5.41) is 4.77. The van der Waals surface area contributed by atoms with Gasteiger partial charge in [0.2, 0.25) is 0 Å². The van der Waals surface area contributed by atoms with Crippen molar-refractivity contribution in [2.24, 2.45) is 0 Å². The van der Waals surface area contributed by atoms with E-state index in [2.05, 4.69) is 30.9 Å². The standard InChI is InChI=1S/C30H32N4O4/c1-21-28(22(2)34(31-21)25-7-5-4-6-8-25)19-32-15-17-33(18-16-32)30(36)29-14-13-27(38-29)20-37-26-11-9-24(10-12-26)23(3)35/h4-14H,15-20H2,1-3H3. The van der Waals surface area contributed by atoms with Gasteiger partial charge in [-0.2, -0.15) is 5.10 Å². The smallest absolute Gasteiger partial charge is 0.289 e. The quantitative estimate of drug-likeness (QED) is 0.315. The summed E-state index contributed by atoms with van der Waals surface area (Å²) in [5.41, 5.74) is 5.11. The second-order valence-corrected chi connectivity index (χ2v) is 9.60. The van der Waals surface area contributed by atoms with E-state index in [9.17, 15) is 9.59 Å². The lowest BCUT2D eigenvalue weighted by atomic mass is 10.1. The summed E-state index contributed by atoms with van der Waals surface area (Å²) in [5.74, 6) is 1.43. The molecule has 0 aliphatic carbocycles. The van der Waals surface area contributed by atoms with Gasteiger partial charge in [0.1, 0.15) is 18.1 Å². The lowest BCUT2D eigenvalue weighted by Crippen LogP contribution is -2.48. The van der Waals surface area contributed by atoms with Crippen molar-refractivity contribution in [1.29, 1.82) is 0 Å². The number of ketones is 1. The van der Waals surface area contributed by atoms with Crippen molar-refractivity contribution in [2.75, 3.05) is 26.2 Å². The fourth-order valence-electron chi connectivity index (χ4n) is 4.72. The van der Waals surface area contributed by atoms with Gasteiger partial charge in [0.15, 0.2) is 11.5 Å². The molecule has 1 aliphatic rings. The van der Waals surface area contributed by atoms with Crippen LogP contribution in [-0.2, 0) is 13.2 Å². The number of hydrogen-bond donors (Lipinski definition) is 0. The van der Waals surface area contributed by atoms with E-state index in [4.69, 9.17) is 14.3 Å². The first-order valence-corrected chi connectivity index (χ1v) is 12.8. The third kappa shape index (κ3) is 5.55. The minimum absolute atomic E-state index is 0.0102. The molecule has 0 spiro atoms. The summed E-state index contributed by atoms with van der Waals surface area (Å²) in [4.78, 5) is 28.7. The fourth-order valence-corrected chi connectivity index (χ4v) is 4.72. The van der Waals surface area contributed by atoms with E-state index in [1.807, 2.05) is 27.8 Å². The third-order valence-electron chi connectivity index (χ3n) is 7.00. The molecule has 0 atom stereocenters. The molecule has 3 heterocycles. The monoisotopic (exact) mass is 512 g/mol. The van der Waals surface area contributed by atoms with Crippen LogP contribution in [0.5, 0.6) is 5.75 Å². The number of ether oxygens (including phenoxy) is 1. The van der Waals surface area contributed by atoms with Crippen LogP contribution in [0.25, 0.3) is 5.69 Å². The van der Waals surface area contributed by atoms with Crippen LogP contribution in [-0.4, -0.2) is 57.4 Å². The van der Waals surface area contributed by atoms with Crippen LogP contribution in [0.2, 0.25) is 0 Å². The SMILES string of the molecule is CC(=O)c1ccc(OCc2ccc(C(=O)N3CCN(Cc4c(C)nn(-c5ccccc5)c4C)CC3)o2)cc1. The Kier molecular flexibility index (Phi) is 7.42. The van der Waals surface area contributed by atoms with Gasteiger partial charge in [0.05, 0.1) is 11.4 Å². The van der Waals surface area contributed by atoms with Crippen LogP contribution in [0.1, 0.15) is 50.5 Å². The number of carbonyl (C=O) groups is 2. The van der Waals surface area contributed by atoms with Crippen molar-refractivity contribution < 1.29 is 18.7 Å². The predicted octanol–water partition coefficient (Wildman–Crippen LogP) is 4.82. The number of Topliss-reactive ketones (excluding diaryl/α,β-unsaturated/α-hetero) is 1. The number of aryl methyl sites for hydroxylation is 1. The molecule has 8 nitrogen and oxygen atoms in total. The summed E-state index contributed by atoms with van der Waals surface area (Å²) in [6.07, 6.45) is 0. The zero-order valence-corrected chi connectivity index (χ0v) is 22.0. The highest BCUT2D eigenvalue weighted by atomic mass is 16.5. The fraction of sp³-hybridized carbons (Fsp3) is 0.300. The number of nitrogens with zero attached hydrogens (tertiary/aromatic N) is 4. The van der Waals surface area contributed by atoms with Crippen LogP contribution >= 0.6 is 0 Å². The van der Waals surface area contributed by atoms with Crippen molar-refractivity contribution in [3.05, 3.63) is 101 Å². The number of aromatic nitrogens is 2. The highest BCUT2D eigenvalue weighted by molar-refractivity contribution is 5.94. The number of para-hydroxylation sites is 1. The van der Waals surface area contributed by atoms with Gasteiger partial charge < -0.3 is 14.1 Å². The summed E-state index contributed by atoms with van der Waals surface area (Å²) in [6, 6.07) is 20.6. The molecule has 2 aromatic carbocycles. The second-order valence-electron chi connectivity index (χ2n) is 9.60. The molecule has 0 bridgehead atoms. The Morgan fingerprint density at radius 1 is 0.921 bits per heavy atom. The van der Waals surface area contributed by atoms with Gasteiger partial charge in [0, 0.05) is 49.5 Å². The molecule has 1 fully saturated rings. The maximum Gasteiger partial charge on any atom is 0.289 e. The summed E-state index contributed by atoms with van der Waals surface area (Å²) < 4.78 is 13.5. The highest BCUT2D eigenvalue weighted by Gasteiger charge is 2.25. The van der Waals surface area contributed by atoms with Gasteiger partial charge in [-0.05, 0) is 69.3 Å². The van der Waals surface area contributed by atoms with E-state index in [1.54, 1.807) is 36.4 Å². The van der Waals surface area contributed by atoms with Crippen molar-refractivity contribution in [2.45, 2.75) is 33.9 Å². The van der Waals surface area contributed by atoms with Crippen LogP contribution in [0.4, 0.5) is 0 Å². The Labute approximate surface area is 222 Å². The number of piperazine rings is 1. The van der Waals surface area contributed by atoms with Crippen LogP contribution in [0.15, 0.2) is 71.1 Å². The Morgan fingerprint density at radius 2 is 1.63 bits per heavy atom. The molecule has 38 heavy (non-hydrogen) atoms. The third-order valence-corrected chi connectivity index (χ3v) is 7.00. The lowest BCUT2D eigenvalue weighted by molar-refractivity contribution is 0.0593. The van der Waals surface area contributed by atoms with Gasteiger partial charge >= 0.3 is 0 Å². The average Bonchev–Trinajstić information content (AvgIpc) is 3.53. The summed E-state index contributed by atoms with van der Waals surface area (Å²) in [6.45, 7) is 9.56. The van der Waals surface area contributed by atoms with E-state index in [0.29, 0.717) is 35.9 Å². The highest BCUT2D eigenvalue weighted by Crippen LogP contribution is 2.21. The van der Waals surface area contributed by atoms with Crippen molar-refractivity contribution in [1.82, 2.24) is 19.6 Å². The van der Waals surface area contributed by atoms with E-state index in [1.165, 1.54) is 12.5 Å². The molecule has 196 valence electrons. The van der Waals surface area contributed by atoms with Gasteiger partial charge in [-0.1, -0.05) is 18.2 Å². The molecule has 1 amide bonds. The molecule has 0 radical (unpaired) electrons. The molecule has 0 unspecified atom stereocenters. The second kappa shape index (κ2) is 11.1. The molecule has 8 heteroatoms. The van der Waals surface area contributed by atoms with E-state index < -0.39 is 0 Å². The molecule has 2 aromatic heterocycles. The van der Waals surface area contributed by atoms with E-state index in [0.717, 1.165) is 36.7 Å². The van der Waals surface area contributed by atoms with Gasteiger partial charge in [-0.3, -0.25) is 14.5 Å².